The zero-order chi connectivity index (χ0) is 47.7. The molecule has 2 saturated heterocycles. The van der Waals surface area contributed by atoms with Gasteiger partial charge in [-0.2, -0.15) is 9.97 Å². The molecular formula is C46H53Cl5N12O6. The molecule has 23 heteroatoms. The van der Waals surface area contributed by atoms with E-state index in [0.717, 1.165) is 56.5 Å². The van der Waals surface area contributed by atoms with Gasteiger partial charge in [0, 0.05) is 63.8 Å². The molecule has 4 heterocycles. The minimum absolute atomic E-state index is 0. The third kappa shape index (κ3) is 15.4. The molecular weight excluding hydrogens is 994 g/mol. The molecule has 2 aliphatic heterocycles. The van der Waals surface area contributed by atoms with Gasteiger partial charge >= 0.3 is 0 Å². The normalized spacial score (nSPS) is 12.7. The number of amides is 2. The Labute approximate surface area is 427 Å². The average molecular weight is 1050 g/mol. The summed E-state index contributed by atoms with van der Waals surface area (Å²) in [5.74, 6) is 2.02. The number of hydrogen-bond donors (Lipinski definition) is 6. The van der Waals surface area contributed by atoms with Crippen molar-refractivity contribution in [2.75, 3.05) is 112 Å². The Bertz CT molecular complexity index is 2630. The molecule has 69 heavy (non-hydrogen) atoms. The van der Waals surface area contributed by atoms with Crippen molar-refractivity contribution in [2.24, 2.45) is 0 Å². The lowest BCUT2D eigenvalue weighted by Gasteiger charge is -2.29. The van der Waals surface area contributed by atoms with Crippen molar-refractivity contribution < 1.29 is 28.5 Å². The first kappa shape index (κ1) is 55.3. The number of carbonyl (C=O) groups is 2. The highest BCUT2D eigenvalue weighted by Gasteiger charge is 2.17. The van der Waals surface area contributed by atoms with E-state index in [1.54, 1.807) is 70.8 Å². The van der Waals surface area contributed by atoms with Crippen molar-refractivity contribution in [1.82, 2.24) is 30.6 Å². The molecule has 2 amide bonds. The van der Waals surface area contributed by atoms with Crippen molar-refractivity contribution in [3.63, 3.8) is 0 Å². The molecule has 0 unspecified atom stereocenters. The molecule has 0 saturated carbocycles. The van der Waals surface area contributed by atoms with Crippen molar-refractivity contribution in [1.29, 1.82) is 0 Å². The van der Waals surface area contributed by atoms with Gasteiger partial charge in [0.15, 0.2) is 11.6 Å². The van der Waals surface area contributed by atoms with E-state index in [1.807, 2.05) is 42.5 Å². The maximum atomic E-state index is 12.2. The highest BCUT2D eigenvalue weighted by atomic mass is 35.5. The molecule has 0 aliphatic carbocycles. The monoisotopic (exact) mass is 1040 g/mol. The number of carbonyl (C=O) groups excluding carboxylic acids is 2. The number of para-hydroxylation sites is 2. The van der Waals surface area contributed by atoms with Gasteiger partial charge in [-0.15, -0.1) is 24.8 Å². The summed E-state index contributed by atoms with van der Waals surface area (Å²) in [5, 5.41) is 15.2. The Morgan fingerprint density at radius 2 is 1.07 bits per heavy atom. The van der Waals surface area contributed by atoms with Gasteiger partial charge in [-0.3, -0.25) is 9.59 Å². The maximum absolute atomic E-state index is 12.2. The van der Waals surface area contributed by atoms with E-state index in [0.29, 0.717) is 80.5 Å². The molecule has 2 aromatic heterocycles. The largest absolute Gasteiger partial charge is 0.495 e. The number of rotatable bonds is 12. The Kier molecular flexibility index (Phi) is 22.2. The SMILES string of the molecule is CNC(=O)c1ccccc1Nc1nc(Cl)ncc1Cl.CNC(=O)c1ccccc1Nc1nc(Nc2ccc(N3CCOCC3)cc2OC)ncc1Cl.COc1cc(N2CCOCC2)ccc1N.Cl.Cl. The second-order valence-corrected chi connectivity index (χ2v) is 15.5. The number of anilines is 9. The Hall–Kier alpha value is -6.25. The number of hydrogen-bond acceptors (Lipinski definition) is 16. The summed E-state index contributed by atoms with van der Waals surface area (Å²) < 4.78 is 21.5. The van der Waals surface area contributed by atoms with E-state index in [9.17, 15) is 9.59 Å². The summed E-state index contributed by atoms with van der Waals surface area (Å²) in [6, 6.07) is 25.9. The van der Waals surface area contributed by atoms with Crippen LogP contribution in [0.5, 0.6) is 11.5 Å². The van der Waals surface area contributed by atoms with E-state index < -0.39 is 0 Å². The first-order chi connectivity index (χ1) is 32.5. The lowest BCUT2D eigenvalue weighted by molar-refractivity contribution is 0.0956. The van der Waals surface area contributed by atoms with Crippen LogP contribution >= 0.6 is 59.6 Å². The van der Waals surface area contributed by atoms with Crippen LogP contribution in [0.2, 0.25) is 15.3 Å². The number of ether oxygens (including phenoxy) is 4. The van der Waals surface area contributed by atoms with Crippen molar-refractivity contribution in [3.05, 3.63) is 124 Å². The van der Waals surface area contributed by atoms with Gasteiger partial charge in [0.25, 0.3) is 11.8 Å². The van der Waals surface area contributed by atoms with Gasteiger partial charge in [0.05, 0.1) is 86.9 Å². The summed E-state index contributed by atoms with van der Waals surface area (Å²) >= 11 is 18.0. The lowest BCUT2D eigenvalue weighted by atomic mass is 10.1. The number of nitrogen functional groups attached to an aromatic ring is 1. The van der Waals surface area contributed by atoms with Gasteiger partial charge < -0.3 is 61.1 Å². The number of aromatic nitrogens is 4. The van der Waals surface area contributed by atoms with Gasteiger partial charge in [0.1, 0.15) is 21.5 Å². The fourth-order valence-electron chi connectivity index (χ4n) is 6.69. The standard InChI is InChI=1S/C23H25ClN6O3.C12H10Cl2N4O.C11H16N2O2.2ClH/c1-25-22(31)16-5-3-4-6-18(16)27-21-17(24)14-26-23(29-21)28-19-8-7-15(13-20(19)32-2)30-9-11-33-12-10-30;1-15-11(19)7-4-2-3-5-9(7)17-10-8(13)6-16-12(14)18-10;1-14-11-8-9(2-3-10(11)12)13-4-6-15-7-5-13;;/h3-8,13-14H,9-12H2,1-2H3,(H,25,31)(H2,26,27,28,29);2-6H,1H3,(H,15,19)(H,16,17,18);2-3,8H,4-7,12H2,1H3;2*1H. The van der Waals surface area contributed by atoms with Crippen LogP contribution in [-0.2, 0) is 9.47 Å². The zero-order valence-corrected chi connectivity index (χ0v) is 42.0. The van der Waals surface area contributed by atoms with Crippen LogP contribution in [0.1, 0.15) is 20.7 Å². The number of nitrogens with two attached hydrogens (primary N) is 1. The molecule has 0 radical (unpaired) electrons. The summed E-state index contributed by atoms with van der Waals surface area (Å²) in [6.07, 6.45) is 2.89. The van der Waals surface area contributed by atoms with Crippen LogP contribution in [0, 0.1) is 0 Å². The molecule has 368 valence electrons. The fourth-order valence-corrected chi connectivity index (χ4v) is 7.10. The first-order valence-electron chi connectivity index (χ1n) is 20.9. The Morgan fingerprint density at radius 1 is 0.609 bits per heavy atom. The van der Waals surface area contributed by atoms with Gasteiger partial charge in [0.2, 0.25) is 11.2 Å². The van der Waals surface area contributed by atoms with Crippen LogP contribution in [0.15, 0.2) is 97.3 Å². The van der Waals surface area contributed by atoms with E-state index in [-0.39, 0.29) is 41.9 Å². The van der Waals surface area contributed by atoms with Crippen LogP contribution in [0.25, 0.3) is 0 Å². The fraction of sp³-hybridized carbons (Fsp3) is 0.261. The second-order valence-electron chi connectivity index (χ2n) is 14.4. The van der Waals surface area contributed by atoms with E-state index in [1.165, 1.54) is 12.4 Å². The molecule has 2 fully saturated rings. The predicted octanol–water partition coefficient (Wildman–Crippen LogP) is 8.67. The summed E-state index contributed by atoms with van der Waals surface area (Å²) in [4.78, 5) is 44.9. The highest BCUT2D eigenvalue weighted by molar-refractivity contribution is 6.34. The molecule has 2 aliphatic rings. The van der Waals surface area contributed by atoms with Crippen LogP contribution < -0.4 is 51.6 Å². The molecule has 6 aromatic rings. The van der Waals surface area contributed by atoms with E-state index in [2.05, 4.69) is 56.3 Å². The summed E-state index contributed by atoms with van der Waals surface area (Å²) in [6.45, 7) is 6.50. The lowest BCUT2D eigenvalue weighted by Crippen LogP contribution is -2.36. The molecule has 0 atom stereocenters. The van der Waals surface area contributed by atoms with Crippen LogP contribution in [0.4, 0.5) is 51.7 Å². The number of morpholine rings is 2. The van der Waals surface area contributed by atoms with Gasteiger partial charge in [-0.05, 0) is 60.1 Å². The number of halogens is 5. The molecule has 18 nitrogen and oxygen atoms in total. The van der Waals surface area contributed by atoms with Crippen LogP contribution in [0.3, 0.4) is 0 Å². The molecule has 8 rings (SSSR count). The predicted molar refractivity (Wildman–Crippen MR) is 280 cm³/mol. The van der Waals surface area contributed by atoms with Crippen molar-refractivity contribution in [2.45, 2.75) is 0 Å². The number of nitrogens with zero attached hydrogens (tertiary/aromatic N) is 6. The van der Waals surface area contributed by atoms with Crippen molar-refractivity contribution >= 4 is 123 Å². The van der Waals surface area contributed by atoms with E-state index >= 15 is 0 Å². The highest BCUT2D eigenvalue weighted by Crippen LogP contribution is 2.34. The molecule has 7 N–H and O–H groups in total. The summed E-state index contributed by atoms with van der Waals surface area (Å²) in [7, 11) is 6.40. The molecule has 4 aromatic carbocycles. The first-order valence-corrected chi connectivity index (χ1v) is 22.1. The Morgan fingerprint density at radius 3 is 1.58 bits per heavy atom. The Balaban J connectivity index is 0.000000244. The van der Waals surface area contributed by atoms with Gasteiger partial charge in [-0.25, -0.2) is 9.97 Å². The minimum atomic E-state index is -0.216. The topological polar surface area (TPSA) is 215 Å². The summed E-state index contributed by atoms with van der Waals surface area (Å²) in [5.41, 5.74) is 11.5. The minimum Gasteiger partial charge on any atom is -0.495 e. The molecule has 0 bridgehead atoms. The van der Waals surface area contributed by atoms with Crippen molar-refractivity contribution in [3.8, 4) is 11.5 Å². The zero-order valence-electron chi connectivity index (χ0n) is 38.1. The average Bonchev–Trinajstić information content (AvgIpc) is 3.37. The molecule has 0 spiro atoms. The van der Waals surface area contributed by atoms with Gasteiger partial charge in [-0.1, -0.05) is 47.5 Å². The second kappa shape index (κ2) is 27.7. The number of methoxy groups -OCH3 is 2. The number of nitrogens with one attached hydrogen (secondary N) is 5. The third-order valence-corrected chi connectivity index (χ3v) is 10.9. The van der Waals surface area contributed by atoms with E-state index in [4.69, 9.17) is 59.5 Å². The maximum Gasteiger partial charge on any atom is 0.253 e. The number of benzene rings is 4. The quantitative estimate of drug-likeness (QED) is 0.0500. The van der Waals surface area contributed by atoms with Crippen LogP contribution in [-0.4, -0.2) is 113 Å². The third-order valence-electron chi connectivity index (χ3n) is 10.2. The smallest absolute Gasteiger partial charge is 0.253 e.